The smallest absolute Gasteiger partial charge is 0.340 e. The highest BCUT2D eigenvalue weighted by molar-refractivity contribution is 5.92. The minimum atomic E-state index is -2.02. The molecule has 16 heteroatoms. The highest BCUT2D eigenvalue weighted by Crippen LogP contribution is 2.37. The molecule has 0 bridgehead atoms. The van der Waals surface area contributed by atoms with Crippen LogP contribution >= 0.6 is 0 Å². The lowest BCUT2D eigenvalue weighted by Crippen LogP contribution is -2.61. The van der Waals surface area contributed by atoms with Gasteiger partial charge in [-0.05, 0) is 48.0 Å². The van der Waals surface area contributed by atoms with E-state index in [1.165, 1.54) is 30.3 Å². The monoisotopic (exact) mass is 630 g/mol. The summed E-state index contributed by atoms with van der Waals surface area (Å²) in [5.74, 6) is -8.89. The SMILES string of the molecule is O=C(/C=C/c1ccc(O)cc1)O[C@H]1[C@H](OC(=O)c2cc(O)c(O)c(O)c2)O[C@H](COC(=O)c2cc(O)c(O)c(O)c2)[C@@H](O)[C@@H]1O. The van der Waals surface area contributed by atoms with E-state index in [1.54, 1.807) is 0 Å². The molecule has 0 unspecified atom stereocenters. The number of ether oxygens (including phenoxy) is 4. The molecule has 9 N–H and O–H groups in total. The zero-order chi connectivity index (χ0) is 33.0. The molecule has 16 nitrogen and oxygen atoms in total. The fourth-order valence-electron chi connectivity index (χ4n) is 4.05. The van der Waals surface area contributed by atoms with E-state index in [4.69, 9.17) is 18.9 Å². The molecule has 1 aliphatic rings. The van der Waals surface area contributed by atoms with Crippen LogP contribution in [-0.2, 0) is 23.7 Å². The lowest BCUT2D eigenvalue weighted by atomic mass is 9.99. The molecule has 0 amide bonds. The van der Waals surface area contributed by atoms with Crippen molar-refractivity contribution in [3.05, 3.63) is 71.3 Å². The molecular weight excluding hydrogens is 604 g/mol. The fourth-order valence-corrected chi connectivity index (χ4v) is 4.05. The third-order valence-electron chi connectivity index (χ3n) is 6.41. The van der Waals surface area contributed by atoms with E-state index in [2.05, 4.69) is 0 Å². The van der Waals surface area contributed by atoms with Crippen LogP contribution in [0.25, 0.3) is 6.08 Å². The van der Waals surface area contributed by atoms with E-state index >= 15 is 0 Å². The van der Waals surface area contributed by atoms with Gasteiger partial charge in [-0.25, -0.2) is 14.4 Å². The van der Waals surface area contributed by atoms with E-state index in [0.717, 1.165) is 30.3 Å². The number of rotatable bonds is 8. The first-order chi connectivity index (χ1) is 21.2. The summed E-state index contributed by atoms with van der Waals surface area (Å²) in [6.07, 6.45) is -7.24. The van der Waals surface area contributed by atoms with Crippen LogP contribution in [-0.4, -0.2) is 101 Å². The van der Waals surface area contributed by atoms with Crippen molar-refractivity contribution in [3.8, 4) is 40.2 Å². The Morgan fingerprint density at radius 3 is 1.76 bits per heavy atom. The van der Waals surface area contributed by atoms with Crippen LogP contribution in [0.1, 0.15) is 26.3 Å². The van der Waals surface area contributed by atoms with Crippen molar-refractivity contribution >= 4 is 24.0 Å². The Bertz CT molecular complexity index is 1570. The molecule has 0 saturated carbocycles. The second-order valence-corrected chi connectivity index (χ2v) is 9.58. The van der Waals surface area contributed by atoms with Crippen molar-refractivity contribution in [2.45, 2.75) is 30.7 Å². The van der Waals surface area contributed by atoms with E-state index in [-0.39, 0.29) is 5.75 Å². The Labute approximate surface area is 252 Å². The Kier molecular flexibility index (Phi) is 9.51. The molecule has 3 aromatic rings. The molecule has 0 radical (unpaired) electrons. The summed E-state index contributed by atoms with van der Waals surface area (Å²) < 4.78 is 20.9. The maximum Gasteiger partial charge on any atom is 0.340 e. The largest absolute Gasteiger partial charge is 0.508 e. The van der Waals surface area contributed by atoms with Gasteiger partial charge in [-0.2, -0.15) is 0 Å². The average Bonchev–Trinajstić information content (AvgIpc) is 3.00. The summed E-state index contributed by atoms with van der Waals surface area (Å²) in [7, 11) is 0. The molecule has 0 aliphatic carbocycles. The number of aromatic hydroxyl groups is 7. The zero-order valence-electron chi connectivity index (χ0n) is 22.8. The van der Waals surface area contributed by atoms with E-state index < -0.39 is 101 Å². The predicted molar refractivity (Wildman–Crippen MR) is 146 cm³/mol. The lowest BCUT2D eigenvalue weighted by molar-refractivity contribution is -0.288. The van der Waals surface area contributed by atoms with E-state index in [9.17, 15) is 60.3 Å². The van der Waals surface area contributed by atoms with Gasteiger partial charge < -0.3 is 64.9 Å². The van der Waals surface area contributed by atoms with E-state index in [0.29, 0.717) is 5.56 Å². The van der Waals surface area contributed by atoms with Gasteiger partial charge in [0.25, 0.3) is 0 Å². The Balaban J connectivity index is 1.54. The lowest BCUT2D eigenvalue weighted by Gasteiger charge is -2.41. The summed E-state index contributed by atoms with van der Waals surface area (Å²) in [5.41, 5.74) is -0.465. The van der Waals surface area contributed by atoms with Crippen molar-refractivity contribution in [2.24, 2.45) is 0 Å². The first kappa shape index (κ1) is 32.2. The first-order valence-electron chi connectivity index (χ1n) is 12.8. The number of aliphatic hydroxyl groups is 2. The number of carbonyl (C=O) groups excluding carboxylic acids is 3. The normalized spacial score (nSPS) is 21.2. The molecule has 1 heterocycles. The number of carbonyl (C=O) groups is 3. The fraction of sp³-hybridized carbons (Fsp3) is 0.207. The van der Waals surface area contributed by atoms with Gasteiger partial charge in [-0.15, -0.1) is 0 Å². The van der Waals surface area contributed by atoms with Gasteiger partial charge in [-0.1, -0.05) is 12.1 Å². The number of hydrogen-bond acceptors (Lipinski definition) is 16. The summed E-state index contributed by atoms with van der Waals surface area (Å²) in [6.45, 7) is -0.824. The summed E-state index contributed by atoms with van der Waals surface area (Å²) in [6, 6.07) is 8.67. The molecule has 1 aliphatic heterocycles. The van der Waals surface area contributed by atoms with Crippen LogP contribution < -0.4 is 0 Å². The van der Waals surface area contributed by atoms with E-state index in [1.807, 2.05) is 0 Å². The van der Waals surface area contributed by atoms with Gasteiger partial charge in [0.2, 0.25) is 6.29 Å². The molecule has 4 rings (SSSR count). The van der Waals surface area contributed by atoms with Crippen molar-refractivity contribution in [2.75, 3.05) is 6.61 Å². The number of phenols is 7. The third kappa shape index (κ3) is 7.45. The highest BCUT2D eigenvalue weighted by atomic mass is 16.7. The standard InChI is InChI=1S/C29H26O16/c30-15-4-1-12(2-5-15)3-6-21(35)44-26-25(39)24(38)20(11-42-27(40)13-7-16(31)22(36)17(32)8-13)43-29(26)45-28(41)14-9-18(33)23(37)19(34)10-14/h1-10,20,24-26,29-34,36-39H,11H2/b6-3+/t20-,24-,25+,26-,29+/m1/s1. The Hall–Kier alpha value is -5.71. The molecule has 5 atom stereocenters. The van der Waals surface area contributed by atoms with Gasteiger partial charge in [0.1, 0.15) is 30.7 Å². The summed E-state index contributed by atoms with van der Waals surface area (Å²) in [4.78, 5) is 37.9. The van der Waals surface area contributed by atoms with Crippen molar-refractivity contribution in [1.29, 1.82) is 0 Å². The number of esters is 3. The van der Waals surface area contributed by atoms with Gasteiger partial charge >= 0.3 is 17.9 Å². The maximum atomic E-state index is 12.9. The number of phenolic OH excluding ortho intramolecular Hbond substituents is 7. The molecule has 1 saturated heterocycles. The molecule has 0 aromatic heterocycles. The molecule has 1 fully saturated rings. The zero-order valence-corrected chi connectivity index (χ0v) is 22.8. The van der Waals surface area contributed by atoms with Crippen LogP contribution in [0.5, 0.6) is 40.2 Å². The second-order valence-electron chi connectivity index (χ2n) is 9.58. The minimum Gasteiger partial charge on any atom is -0.508 e. The molecule has 238 valence electrons. The van der Waals surface area contributed by atoms with Crippen LogP contribution in [0, 0.1) is 0 Å². The molecule has 3 aromatic carbocycles. The number of aliphatic hydroxyl groups excluding tert-OH is 2. The maximum absolute atomic E-state index is 12.9. The highest BCUT2D eigenvalue weighted by Gasteiger charge is 2.49. The molecule has 0 spiro atoms. The Morgan fingerprint density at radius 1 is 0.711 bits per heavy atom. The number of benzene rings is 3. The summed E-state index contributed by atoms with van der Waals surface area (Å²) in [5, 5.41) is 88.7. The average molecular weight is 631 g/mol. The van der Waals surface area contributed by atoms with Gasteiger partial charge in [0.05, 0.1) is 11.1 Å². The van der Waals surface area contributed by atoms with Gasteiger partial charge in [-0.3, -0.25) is 0 Å². The van der Waals surface area contributed by atoms with Crippen molar-refractivity contribution in [1.82, 2.24) is 0 Å². The van der Waals surface area contributed by atoms with Crippen molar-refractivity contribution < 1.29 is 79.3 Å². The van der Waals surface area contributed by atoms with Gasteiger partial charge in [0.15, 0.2) is 40.6 Å². The van der Waals surface area contributed by atoms with Gasteiger partial charge in [0, 0.05) is 6.08 Å². The summed E-state index contributed by atoms with van der Waals surface area (Å²) >= 11 is 0. The quantitative estimate of drug-likeness (QED) is 0.0717. The van der Waals surface area contributed by atoms with Crippen LogP contribution in [0.4, 0.5) is 0 Å². The number of hydrogen-bond donors (Lipinski definition) is 9. The van der Waals surface area contributed by atoms with Crippen LogP contribution in [0.2, 0.25) is 0 Å². The van der Waals surface area contributed by atoms with Crippen molar-refractivity contribution in [3.63, 3.8) is 0 Å². The topological polar surface area (TPSA) is 270 Å². The first-order valence-corrected chi connectivity index (χ1v) is 12.8. The predicted octanol–water partition coefficient (Wildman–Crippen LogP) is 0.711. The molecular formula is C29H26O16. The molecule has 45 heavy (non-hydrogen) atoms. The second kappa shape index (κ2) is 13.3. The Morgan fingerprint density at radius 2 is 1.22 bits per heavy atom. The minimum absolute atomic E-state index is 0.0225. The third-order valence-corrected chi connectivity index (χ3v) is 6.41. The van der Waals surface area contributed by atoms with Crippen LogP contribution in [0.15, 0.2) is 54.6 Å². The van der Waals surface area contributed by atoms with Crippen LogP contribution in [0.3, 0.4) is 0 Å².